The fourth-order valence-electron chi connectivity index (χ4n) is 3.47. The maximum Gasteiger partial charge on any atom is 0.435 e. The summed E-state index contributed by atoms with van der Waals surface area (Å²) in [5, 5.41) is 8.59. The van der Waals surface area contributed by atoms with E-state index in [-0.39, 0.29) is 31.6 Å². The van der Waals surface area contributed by atoms with E-state index in [0.717, 1.165) is 30.1 Å². The van der Waals surface area contributed by atoms with Crippen LogP contribution in [0.3, 0.4) is 0 Å². The molecule has 3 rings (SSSR count). The topological polar surface area (TPSA) is 94.5 Å². The summed E-state index contributed by atoms with van der Waals surface area (Å²) in [5.74, 6) is -0.644. The molecule has 1 aromatic heterocycles. The number of hydrogen-bond donors (Lipinski definition) is 2. The quantitative estimate of drug-likeness (QED) is 0.552. The first kappa shape index (κ1) is 24.6. The van der Waals surface area contributed by atoms with Gasteiger partial charge in [-0.3, -0.25) is 14.3 Å². The van der Waals surface area contributed by atoms with Gasteiger partial charge in [-0.15, -0.1) is 0 Å². The van der Waals surface area contributed by atoms with Crippen LogP contribution in [0.2, 0.25) is 0 Å². The van der Waals surface area contributed by atoms with E-state index in [1.165, 1.54) is 0 Å². The number of amides is 2. The third-order valence-corrected chi connectivity index (χ3v) is 5.06. The van der Waals surface area contributed by atoms with Crippen molar-refractivity contribution in [3.8, 4) is 5.75 Å². The maximum absolute atomic E-state index is 13.4. The Morgan fingerprint density at radius 3 is 2.45 bits per heavy atom. The number of alkyl halides is 3. The molecule has 1 aliphatic heterocycles. The van der Waals surface area contributed by atoms with Crippen LogP contribution in [-0.2, 0) is 17.5 Å². The number of benzene rings is 1. The van der Waals surface area contributed by atoms with Crippen molar-refractivity contribution in [2.24, 2.45) is 0 Å². The van der Waals surface area contributed by atoms with Crippen LogP contribution in [0, 0.1) is 0 Å². The molecule has 2 N–H and O–H groups in total. The van der Waals surface area contributed by atoms with E-state index in [2.05, 4.69) is 15.7 Å². The summed E-state index contributed by atoms with van der Waals surface area (Å²) in [6.45, 7) is 3.07. The van der Waals surface area contributed by atoms with E-state index < -0.39 is 23.3 Å². The molecule has 8 nitrogen and oxygen atoms in total. The molecule has 0 radical (unpaired) electrons. The predicted molar refractivity (Wildman–Crippen MR) is 113 cm³/mol. The SMILES string of the molecule is CCOc1ccc(C(=O)NCCNC(=O)c2cn(CC3CCCCO3)nc2C(F)(F)F)cc1. The highest BCUT2D eigenvalue weighted by atomic mass is 19.4. The summed E-state index contributed by atoms with van der Waals surface area (Å²) in [7, 11) is 0. The van der Waals surface area contributed by atoms with Gasteiger partial charge in [-0.05, 0) is 50.5 Å². The Balaban J connectivity index is 1.53. The Labute approximate surface area is 189 Å². The van der Waals surface area contributed by atoms with Crippen molar-refractivity contribution in [1.29, 1.82) is 0 Å². The average molecular weight is 468 g/mol. The molecule has 1 fully saturated rings. The molecule has 33 heavy (non-hydrogen) atoms. The van der Waals surface area contributed by atoms with Crippen LogP contribution in [0.4, 0.5) is 13.2 Å². The van der Waals surface area contributed by atoms with Crippen molar-refractivity contribution in [1.82, 2.24) is 20.4 Å². The standard InChI is InChI=1S/C22H27F3N4O4/c1-2-32-16-8-6-15(7-9-16)20(30)26-10-11-27-21(31)18-14-29(28-19(18)22(23,24)25)13-17-5-3-4-12-33-17/h6-9,14,17H,2-5,10-13H2,1H3,(H,26,30)(H,27,31). The van der Waals surface area contributed by atoms with E-state index in [4.69, 9.17) is 9.47 Å². The second-order valence-corrected chi connectivity index (χ2v) is 7.57. The van der Waals surface area contributed by atoms with Crippen molar-refractivity contribution in [3.05, 3.63) is 47.3 Å². The van der Waals surface area contributed by atoms with E-state index in [1.54, 1.807) is 24.3 Å². The van der Waals surface area contributed by atoms with Crippen LogP contribution in [0.25, 0.3) is 0 Å². The highest BCUT2D eigenvalue weighted by Crippen LogP contribution is 2.31. The number of halogens is 3. The van der Waals surface area contributed by atoms with Crippen LogP contribution in [0.15, 0.2) is 30.5 Å². The number of nitrogens with one attached hydrogen (secondary N) is 2. The fraction of sp³-hybridized carbons (Fsp3) is 0.500. The predicted octanol–water partition coefficient (Wildman–Crippen LogP) is 3.03. The Morgan fingerprint density at radius 1 is 1.15 bits per heavy atom. The van der Waals surface area contributed by atoms with Crippen LogP contribution < -0.4 is 15.4 Å². The van der Waals surface area contributed by atoms with Gasteiger partial charge in [0.25, 0.3) is 11.8 Å². The average Bonchev–Trinajstić information content (AvgIpc) is 3.22. The van der Waals surface area contributed by atoms with Crippen molar-refractivity contribution < 1.29 is 32.2 Å². The molecule has 0 saturated carbocycles. The minimum absolute atomic E-state index is 0.0448. The van der Waals surface area contributed by atoms with Gasteiger partial charge in [-0.1, -0.05) is 0 Å². The molecule has 1 atom stereocenters. The second kappa shape index (κ2) is 11.2. The number of rotatable bonds is 9. The molecule has 180 valence electrons. The first-order chi connectivity index (χ1) is 15.8. The Kier molecular flexibility index (Phi) is 8.32. The normalized spacial score (nSPS) is 16.3. The van der Waals surface area contributed by atoms with Gasteiger partial charge < -0.3 is 20.1 Å². The molecule has 1 saturated heterocycles. The summed E-state index contributed by atoms with van der Waals surface area (Å²) in [6, 6.07) is 6.52. The van der Waals surface area contributed by atoms with Gasteiger partial charge in [0.1, 0.15) is 5.75 Å². The first-order valence-corrected chi connectivity index (χ1v) is 10.8. The zero-order chi connectivity index (χ0) is 23.8. The summed E-state index contributed by atoms with van der Waals surface area (Å²) < 4.78 is 52.2. The highest BCUT2D eigenvalue weighted by Gasteiger charge is 2.39. The molecule has 2 amide bonds. The van der Waals surface area contributed by atoms with Gasteiger partial charge in [0, 0.05) is 31.5 Å². The highest BCUT2D eigenvalue weighted by molar-refractivity contribution is 5.96. The van der Waals surface area contributed by atoms with E-state index >= 15 is 0 Å². The minimum Gasteiger partial charge on any atom is -0.494 e. The lowest BCUT2D eigenvalue weighted by molar-refractivity contribution is -0.142. The third-order valence-electron chi connectivity index (χ3n) is 5.06. The van der Waals surface area contributed by atoms with Crippen molar-refractivity contribution >= 4 is 11.8 Å². The molecule has 0 bridgehead atoms. The number of aromatic nitrogens is 2. The van der Waals surface area contributed by atoms with Crippen LogP contribution in [-0.4, -0.2) is 54.0 Å². The molecule has 2 heterocycles. The number of carbonyl (C=O) groups excluding carboxylic acids is 2. The Hall–Kier alpha value is -3.08. The van der Waals surface area contributed by atoms with Crippen LogP contribution >= 0.6 is 0 Å². The number of ether oxygens (including phenoxy) is 2. The number of hydrogen-bond acceptors (Lipinski definition) is 5. The molecule has 11 heteroatoms. The van der Waals surface area contributed by atoms with Crippen molar-refractivity contribution in [2.75, 3.05) is 26.3 Å². The monoisotopic (exact) mass is 468 g/mol. The van der Waals surface area contributed by atoms with Crippen LogP contribution in [0.5, 0.6) is 5.75 Å². The minimum atomic E-state index is -4.77. The molecule has 0 aliphatic carbocycles. The van der Waals surface area contributed by atoms with Gasteiger partial charge >= 0.3 is 6.18 Å². The largest absolute Gasteiger partial charge is 0.494 e. The third kappa shape index (κ3) is 6.95. The lowest BCUT2D eigenvalue weighted by Crippen LogP contribution is -2.35. The Morgan fingerprint density at radius 2 is 1.85 bits per heavy atom. The van der Waals surface area contributed by atoms with Gasteiger partial charge in [0.15, 0.2) is 5.69 Å². The smallest absolute Gasteiger partial charge is 0.435 e. The first-order valence-electron chi connectivity index (χ1n) is 10.8. The second-order valence-electron chi connectivity index (χ2n) is 7.57. The molecule has 2 aromatic rings. The van der Waals surface area contributed by atoms with Gasteiger partial charge in [0.2, 0.25) is 0 Å². The van der Waals surface area contributed by atoms with E-state index in [1.807, 2.05) is 6.92 Å². The van der Waals surface area contributed by atoms with Crippen molar-refractivity contribution in [2.45, 2.75) is 45.0 Å². The molecule has 1 aromatic carbocycles. The number of nitrogens with zero attached hydrogens (tertiary/aromatic N) is 2. The Bertz CT molecular complexity index is 938. The van der Waals surface area contributed by atoms with Crippen molar-refractivity contribution in [3.63, 3.8) is 0 Å². The van der Waals surface area contributed by atoms with E-state index in [0.29, 0.717) is 24.5 Å². The van der Waals surface area contributed by atoms with Gasteiger partial charge in [0.05, 0.1) is 24.8 Å². The molecule has 1 unspecified atom stereocenters. The summed E-state index contributed by atoms with van der Waals surface area (Å²) >= 11 is 0. The zero-order valence-corrected chi connectivity index (χ0v) is 18.3. The summed E-state index contributed by atoms with van der Waals surface area (Å²) in [5.41, 5.74) is -1.40. The molecular formula is C22H27F3N4O4. The summed E-state index contributed by atoms with van der Waals surface area (Å²) in [6.07, 6.45) is -1.31. The lowest BCUT2D eigenvalue weighted by atomic mass is 10.1. The van der Waals surface area contributed by atoms with Gasteiger partial charge in [-0.2, -0.15) is 18.3 Å². The maximum atomic E-state index is 13.4. The lowest BCUT2D eigenvalue weighted by Gasteiger charge is -2.22. The number of carbonyl (C=O) groups is 2. The van der Waals surface area contributed by atoms with Crippen LogP contribution in [0.1, 0.15) is 52.6 Å². The molecule has 0 spiro atoms. The zero-order valence-electron chi connectivity index (χ0n) is 18.3. The van der Waals surface area contributed by atoms with Gasteiger partial charge in [-0.25, -0.2) is 0 Å². The molecule has 1 aliphatic rings. The fourth-order valence-corrected chi connectivity index (χ4v) is 3.47. The molecular weight excluding hydrogens is 441 g/mol. The summed E-state index contributed by atoms with van der Waals surface area (Å²) in [4.78, 5) is 24.6. The van der Waals surface area contributed by atoms with E-state index in [9.17, 15) is 22.8 Å².